The summed E-state index contributed by atoms with van der Waals surface area (Å²) in [5.74, 6) is -0.399. The van der Waals surface area contributed by atoms with E-state index in [4.69, 9.17) is 0 Å². The molecule has 0 fully saturated rings. The Kier molecular flexibility index (Phi) is 5.62. The van der Waals surface area contributed by atoms with E-state index in [1.165, 1.54) is 30.8 Å². The van der Waals surface area contributed by atoms with Gasteiger partial charge in [0.2, 0.25) is 5.95 Å². The second kappa shape index (κ2) is 8.44. The molecule has 5 rings (SSSR count). The van der Waals surface area contributed by atoms with Gasteiger partial charge in [0.25, 0.3) is 5.56 Å². The number of hydrogen-bond acceptors (Lipinski definition) is 5. The quantitative estimate of drug-likeness (QED) is 0.397. The van der Waals surface area contributed by atoms with Crippen LogP contribution in [0.1, 0.15) is 30.5 Å². The molecule has 0 bridgehead atoms. The van der Waals surface area contributed by atoms with E-state index >= 15 is 0 Å². The maximum Gasteiger partial charge on any atom is 0.408 e. The van der Waals surface area contributed by atoms with Crippen LogP contribution in [0.4, 0.5) is 29.2 Å². The lowest BCUT2D eigenvalue weighted by atomic mass is 9.79. The molecule has 0 radical (unpaired) electrons. The van der Waals surface area contributed by atoms with Gasteiger partial charge in [0.15, 0.2) is 5.65 Å². The summed E-state index contributed by atoms with van der Waals surface area (Å²) in [4.78, 5) is 21.5. The molecule has 2 aromatic carbocycles. The number of aryl methyl sites for hydroxylation is 1. The number of anilines is 2. The van der Waals surface area contributed by atoms with Crippen LogP contribution in [0.15, 0.2) is 47.4 Å². The van der Waals surface area contributed by atoms with Crippen LogP contribution in [0, 0.1) is 12.7 Å². The van der Waals surface area contributed by atoms with Gasteiger partial charge in [0.05, 0.1) is 5.69 Å². The molecule has 188 valence electrons. The second-order valence-electron chi connectivity index (χ2n) is 9.64. The van der Waals surface area contributed by atoms with Gasteiger partial charge in [-0.05, 0) is 53.9 Å². The van der Waals surface area contributed by atoms with Crippen molar-refractivity contribution < 1.29 is 17.6 Å². The average molecular weight is 501 g/mol. The molecule has 2 aromatic heterocycles. The maximum absolute atomic E-state index is 13.9. The van der Waals surface area contributed by atoms with Gasteiger partial charge in [-0.3, -0.25) is 4.79 Å². The Labute approximate surface area is 203 Å². The Morgan fingerprint density at radius 2 is 1.94 bits per heavy atom. The van der Waals surface area contributed by atoms with E-state index in [2.05, 4.69) is 34.4 Å². The highest BCUT2D eigenvalue weighted by Gasteiger charge is 2.32. The summed E-state index contributed by atoms with van der Waals surface area (Å²) < 4.78 is 55.6. The Hall–Kier alpha value is -3.73. The zero-order valence-electron chi connectivity index (χ0n) is 19.9. The molecule has 36 heavy (non-hydrogen) atoms. The van der Waals surface area contributed by atoms with Crippen LogP contribution in [0.5, 0.6) is 0 Å². The zero-order chi connectivity index (χ0) is 25.8. The molecule has 4 aromatic rings. The lowest BCUT2D eigenvalue weighted by Gasteiger charge is -2.33. The predicted octanol–water partition coefficient (Wildman–Crippen LogP) is 4.72. The third-order valence-corrected chi connectivity index (χ3v) is 6.36. The van der Waals surface area contributed by atoms with Gasteiger partial charge >= 0.3 is 6.18 Å². The number of fused-ring (bicyclic) bond motifs is 2. The normalized spacial score (nSPS) is 15.2. The number of nitrogens with one attached hydrogen (secondary N) is 2. The molecule has 3 heterocycles. The Morgan fingerprint density at radius 3 is 2.67 bits per heavy atom. The Balaban J connectivity index is 1.61. The van der Waals surface area contributed by atoms with Crippen molar-refractivity contribution in [1.29, 1.82) is 0 Å². The number of halogens is 4. The van der Waals surface area contributed by atoms with E-state index in [0.29, 0.717) is 16.9 Å². The molecule has 0 atom stereocenters. The summed E-state index contributed by atoms with van der Waals surface area (Å²) in [5, 5.41) is 6.40. The van der Waals surface area contributed by atoms with Crippen LogP contribution in [0.2, 0.25) is 0 Å². The number of alkyl halides is 3. The van der Waals surface area contributed by atoms with Gasteiger partial charge in [-0.2, -0.15) is 18.2 Å². The molecule has 1 aliphatic rings. The third-order valence-electron chi connectivity index (χ3n) is 6.36. The lowest BCUT2D eigenvalue weighted by molar-refractivity contribution is -0.144. The molecule has 0 amide bonds. The molecule has 0 unspecified atom stereocenters. The monoisotopic (exact) mass is 500 g/mol. The first-order valence-corrected chi connectivity index (χ1v) is 11.4. The van der Waals surface area contributed by atoms with E-state index < -0.39 is 24.1 Å². The average Bonchev–Trinajstić information content (AvgIpc) is 3.05. The number of benzene rings is 2. The minimum absolute atomic E-state index is 0.0199. The number of nitrogens with zero attached hydrogens (tertiary/aromatic N) is 4. The van der Waals surface area contributed by atoms with E-state index in [1.807, 2.05) is 18.2 Å². The molecular formula is C25H24F4N6O. The smallest absolute Gasteiger partial charge is 0.324 e. The molecule has 11 heteroatoms. The lowest BCUT2D eigenvalue weighted by Crippen LogP contribution is -2.38. The zero-order valence-corrected chi connectivity index (χ0v) is 19.9. The first-order valence-electron chi connectivity index (χ1n) is 11.4. The molecular weight excluding hydrogens is 476 g/mol. The molecule has 0 saturated carbocycles. The third kappa shape index (κ3) is 4.34. The first kappa shape index (κ1) is 24.0. The Morgan fingerprint density at radius 1 is 1.17 bits per heavy atom. The second-order valence-corrected chi connectivity index (χ2v) is 9.64. The van der Waals surface area contributed by atoms with Crippen molar-refractivity contribution >= 4 is 22.7 Å². The summed E-state index contributed by atoms with van der Waals surface area (Å²) in [6, 6.07) is 9.72. The summed E-state index contributed by atoms with van der Waals surface area (Å²) in [6.07, 6.45) is -3.46. The molecule has 7 nitrogen and oxygen atoms in total. The van der Waals surface area contributed by atoms with E-state index in [9.17, 15) is 22.4 Å². The van der Waals surface area contributed by atoms with Crippen molar-refractivity contribution in [3.8, 4) is 5.69 Å². The fourth-order valence-corrected chi connectivity index (χ4v) is 4.64. The largest absolute Gasteiger partial charge is 0.408 e. The molecule has 0 aliphatic carbocycles. The summed E-state index contributed by atoms with van der Waals surface area (Å²) in [5.41, 5.74) is 2.52. The van der Waals surface area contributed by atoms with Crippen molar-refractivity contribution in [3.63, 3.8) is 0 Å². The number of hydrogen-bond donors (Lipinski definition) is 2. The van der Waals surface area contributed by atoms with Crippen LogP contribution in [-0.2, 0) is 18.5 Å². The summed E-state index contributed by atoms with van der Waals surface area (Å²) in [7, 11) is 0. The van der Waals surface area contributed by atoms with E-state index in [0.717, 1.165) is 22.9 Å². The minimum Gasteiger partial charge on any atom is -0.324 e. The highest BCUT2D eigenvalue weighted by molar-refractivity contribution is 5.77. The van der Waals surface area contributed by atoms with Crippen LogP contribution < -0.4 is 16.2 Å². The molecule has 0 spiro atoms. The highest BCUT2D eigenvalue weighted by Crippen LogP contribution is 2.32. The van der Waals surface area contributed by atoms with Gasteiger partial charge < -0.3 is 10.6 Å². The molecule has 0 saturated heterocycles. The van der Waals surface area contributed by atoms with Crippen LogP contribution in [-0.4, -0.2) is 32.1 Å². The van der Waals surface area contributed by atoms with Crippen molar-refractivity contribution in [2.24, 2.45) is 0 Å². The van der Waals surface area contributed by atoms with Gasteiger partial charge in [0.1, 0.15) is 17.7 Å². The maximum atomic E-state index is 13.9. The SMILES string of the molecule is Cc1cc(-n2c3nc(Nc4ccc5c(c4)CNCC5(C)C)ncc3c(=O)n2CC(F)(F)F)ccc1F. The standard InChI is InChI=1S/C25H24F4N6O/c1-14-8-17(5-7-20(14)26)35-21-18(22(36)34(35)13-25(27,28)29)11-31-23(33-21)32-16-4-6-19-15(9-16)10-30-12-24(19,2)3/h4-9,11,30H,10,12-13H2,1-3H3,(H,31,32,33). The summed E-state index contributed by atoms with van der Waals surface area (Å²) in [6.45, 7) is 5.84. The van der Waals surface area contributed by atoms with Gasteiger partial charge in [-0.15, -0.1) is 0 Å². The van der Waals surface area contributed by atoms with Gasteiger partial charge in [0, 0.05) is 30.4 Å². The van der Waals surface area contributed by atoms with Gasteiger partial charge in [-0.25, -0.2) is 18.7 Å². The van der Waals surface area contributed by atoms with Crippen LogP contribution in [0.3, 0.4) is 0 Å². The van der Waals surface area contributed by atoms with Crippen molar-refractivity contribution in [3.05, 3.63) is 75.5 Å². The topological polar surface area (TPSA) is 76.8 Å². The fourth-order valence-electron chi connectivity index (χ4n) is 4.64. The van der Waals surface area contributed by atoms with Crippen LogP contribution >= 0.6 is 0 Å². The molecule has 1 aliphatic heterocycles. The van der Waals surface area contributed by atoms with Gasteiger partial charge in [-0.1, -0.05) is 19.9 Å². The van der Waals surface area contributed by atoms with Crippen molar-refractivity contribution in [2.75, 3.05) is 11.9 Å². The van der Waals surface area contributed by atoms with Crippen molar-refractivity contribution in [1.82, 2.24) is 24.6 Å². The van der Waals surface area contributed by atoms with Crippen LogP contribution in [0.25, 0.3) is 16.7 Å². The highest BCUT2D eigenvalue weighted by atomic mass is 19.4. The van der Waals surface area contributed by atoms with E-state index in [1.54, 1.807) is 0 Å². The number of aromatic nitrogens is 4. The predicted molar refractivity (Wildman–Crippen MR) is 128 cm³/mol. The number of rotatable bonds is 4. The minimum atomic E-state index is -4.66. The summed E-state index contributed by atoms with van der Waals surface area (Å²) >= 11 is 0. The first-order chi connectivity index (χ1) is 16.9. The Bertz CT molecular complexity index is 1540. The van der Waals surface area contributed by atoms with Crippen molar-refractivity contribution in [2.45, 2.75) is 45.5 Å². The fraction of sp³-hybridized carbons (Fsp3) is 0.320. The molecule has 2 N–H and O–H groups in total. The van der Waals surface area contributed by atoms with E-state index in [-0.39, 0.29) is 33.6 Å².